The van der Waals surface area contributed by atoms with Gasteiger partial charge in [-0.05, 0) is 35.9 Å². The average molecular weight is 244 g/mol. The molecule has 4 nitrogen and oxygen atoms in total. The lowest BCUT2D eigenvalue weighted by molar-refractivity contribution is 0.302. The van der Waals surface area contributed by atoms with Crippen molar-refractivity contribution in [2.24, 2.45) is 5.73 Å². The first kappa shape index (κ1) is 12.4. The monoisotopic (exact) mass is 244 g/mol. The lowest BCUT2D eigenvalue weighted by Gasteiger charge is -2.11. The number of methoxy groups -OCH3 is 1. The van der Waals surface area contributed by atoms with Gasteiger partial charge in [-0.1, -0.05) is 0 Å². The molecule has 0 bridgehead atoms. The summed E-state index contributed by atoms with van der Waals surface area (Å²) in [5.74, 6) is 1.57. The maximum Gasteiger partial charge on any atom is 0.124 e. The molecule has 1 heterocycles. The second-order valence-corrected chi connectivity index (χ2v) is 3.82. The standard InChI is InChI=1S/C14H16N2O2/c1-17-13-2-3-14(12(8-13)9-15)18-10-11-4-6-16-7-5-11/h2-8H,9-10,15H2,1H3. The Morgan fingerprint density at radius 2 is 1.94 bits per heavy atom. The zero-order valence-electron chi connectivity index (χ0n) is 10.3. The van der Waals surface area contributed by atoms with Crippen molar-refractivity contribution in [3.8, 4) is 11.5 Å². The quantitative estimate of drug-likeness (QED) is 0.875. The Kier molecular flexibility index (Phi) is 4.15. The minimum absolute atomic E-state index is 0.420. The van der Waals surface area contributed by atoms with Crippen molar-refractivity contribution in [2.75, 3.05) is 7.11 Å². The number of hydrogen-bond donors (Lipinski definition) is 1. The SMILES string of the molecule is COc1ccc(OCc2ccncc2)c(CN)c1. The van der Waals surface area contributed by atoms with E-state index in [-0.39, 0.29) is 0 Å². The first-order valence-electron chi connectivity index (χ1n) is 5.72. The molecule has 0 fully saturated rings. The zero-order valence-corrected chi connectivity index (χ0v) is 10.3. The lowest BCUT2D eigenvalue weighted by atomic mass is 10.2. The van der Waals surface area contributed by atoms with Crippen LogP contribution < -0.4 is 15.2 Å². The van der Waals surface area contributed by atoms with E-state index in [1.165, 1.54) is 0 Å². The third-order valence-electron chi connectivity index (χ3n) is 2.63. The average Bonchev–Trinajstić information content (AvgIpc) is 2.46. The Morgan fingerprint density at radius 1 is 1.17 bits per heavy atom. The molecule has 0 aliphatic rings. The molecule has 94 valence electrons. The van der Waals surface area contributed by atoms with E-state index in [1.807, 2.05) is 30.3 Å². The molecular weight excluding hydrogens is 228 g/mol. The van der Waals surface area contributed by atoms with Gasteiger partial charge in [0.15, 0.2) is 0 Å². The van der Waals surface area contributed by atoms with Crippen LogP contribution in [0.2, 0.25) is 0 Å². The molecule has 2 rings (SSSR count). The highest BCUT2D eigenvalue weighted by Crippen LogP contribution is 2.24. The number of hydrogen-bond acceptors (Lipinski definition) is 4. The van der Waals surface area contributed by atoms with Gasteiger partial charge < -0.3 is 15.2 Å². The molecular formula is C14H16N2O2. The number of aromatic nitrogens is 1. The van der Waals surface area contributed by atoms with Crippen molar-refractivity contribution in [1.82, 2.24) is 4.98 Å². The number of ether oxygens (including phenoxy) is 2. The highest BCUT2D eigenvalue weighted by atomic mass is 16.5. The van der Waals surface area contributed by atoms with E-state index in [1.54, 1.807) is 19.5 Å². The molecule has 0 saturated heterocycles. The largest absolute Gasteiger partial charge is 0.497 e. The van der Waals surface area contributed by atoms with Gasteiger partial charge in [0.25, 0.3) is 0 Å². The molecule has 0 amide bonds. The van der Waals surface area contributed by atoms with Crippen LogP contribution in [0.1, 0.15) is 11.1 Å². The normalized spacial score (nSPS) is 10.1. The van der Waals surface area contributed by atoms with E-state index in [4.69, 9.17) is 15.2 Å². The number of nitrogens with zero attached hydrogens (tertiary/aromatic N) is 1. The summed E-state index contributed by atoms with van der Waals surface area (Å²) in [6.07, 6.45) is 3.49. The zero-order chi connectivity index (χ0) is 12.8. The molecule has 0 radical (unpaired) electrons. The number of rotatable bonds is 5. The number of nitrogens with two attached hydrogens (primary N) is 1. The van der Waals surface area contributed by atoms with Gasteiger partial charge in [-0.2, -0.15) is 0 Å². The molecule has 0 unspecified atom stereocenters. The maximum absolute atomic E-state index is 5.75. The highest BCUT2D eigenvalue weighted by molar-refractivity contribution is 5.40. The summed E-state index contributed by atoms with van der Waals surface area (Å²) >= 11 is 0. The van der Waals surface area contributed by atoms with E-state index >= 15 is 0 Å². The molecule has 18 heavy (non-hydrogen) atoms. The van der Waals surface area contributed by atoms with Gasteiger partial charge in [-0.15, -0.1) is 0 Å². The fraction of sp³-hybridized carbons (Fsp3) is 0.214. The van der Waals surface area contributed by atoms with Crippen LogP contribution in [0.25, 0.3) is 0 Å². The molecule has 1 aromatic carbocycles. The maximum atomic E-state index is 5.75. The van der Waals surface area contributed by atoms with Crippen LogP contribution >= 0.6 is 0 Å². The molecule has 0 aliphatic carbocycles. The summed E-state index contributed by atoms with van der Waals surface area (Å²) in [7, 11) is 1.63. The van der Waals surface area contributed by atoms with Crippen LogP contribution in [0.5, 0.6) is 11.5 Å². The second kappa shape index (κ2) is 6.02. The summed E-state index contributed by atoms with van der Waals surface area (Å²) in [6, 6.07) is 9.47. The van der Waals surface area contributed by atoms with E-state index in [9.17, 15) is 0 Å². The van der Waals surface area contributed by atoms with Crippen LogP contribution in [0.3, 0.4) is 0 Å². The summed E-state index contributed by atoms with van der Waals surface area (Å²) in [6.45, 7) is 0.921. The molecule has 4 heteroatoms. The van der Waals surface area contributed by atoms with Crippen LogP contribution in [-0.2, 0) is 13.2 Å². The van der Waals surface area contributed by atoms with Gasteiger partial charge in [0.05, 0.1) is 7.11 Å². The van der Waals surface area contributed by atoms with Crippen LogP contribution in [0.15, 0.2) is 42.7 Å². The molecule has 0 saturated carbocycles. The van der Waals surface area contributed by atoms with E-state index < -0.39 is 0 Å². The Bertz CT molecular complexity index is 500. The summed E-state index contributed by atoms with van der Waals surface area (Å²) in [5, 5.41) is 0. The van der Waals surface area contributed by atoms with Crippen LogP contribution in [0, 0.1) is 0 Å². The lowest BCUT2D eigenvalue weighted by Crippen LogP contribution is -2.03. The predicted molar refractivity (Wildman–Crippen MR) is 69.5 cm³/mol. The minimum atomic E-state index is 0.420. The predicted octanol–water partition coefficient (Wildman–Crippen LogP) is 2.13. The van der Waals surface area contributed by atoms with Gasteiger partial charge in [0.2, 0.25) is 0 Å². The smallest absolute Gasteiger partial charge is 0.124 e. The Hall–Kier alpha value is -2.07. The Balaban J connectivity index is 2.09. The number of benzene rings is 1. The number of pyridine rings is 1. The van der Waals surface area contributed by atoms with Crippen molar-refractivity contribution in [3.05, 3.63) is 53.9 Å². The van der Waals surface area contributed by atoms with E-state index in [2.05, 4.69) is 4.98 Å². The Morgan fingerprint density at radius 3 is 2.61 bits per heavy atom. The highest BCUT2D eigenvalue weighted by Gasteiger charge is 2.04. The molecule has 2 N–H and O–H groups in total. The van der Waals surface area contributed by atoms with Crippen LogP contribution in [0.4, 0.5) is 0 Å². The molecule has 1 aromatic heterocycles. The second-order valence-electron chi connectivity index (χ2n) is 3.82. The topological polar surface area (TPSA) is 57.4 Å². The molecule has 0 atom stereocenters. The van der Waals surface area contributed by atoms with Crippen molar-refractivity contribution < 1.29 is 9.47 Å². The molecule has 0 aliphatic heterocycles. The van der Waals surface area contributed by atoms with Gasteiger partial charge >= 0.3 is 0 Å². The first-order chi connectivity index (χ1) is 8.83. The summed E-state index contributed by atoms with van der Waals surface area (Å²) in [5.41, 5.74) is 7.70. The fourth-order valence-electron chi connectivity index (χ4n) is 1.62. The fourth-order valence-corrected chi connectivity index (χ4v) is 1.62. The van der Waals surface area contributed by atoms with Gasteiger partial charge in [0, 0.05) is 24.5 Å². The van der Waals surface area contributed by atoms with Crippen LogP contribution in [-0.4, -0.2) is 12.1 Å². The van der Waals surface area contributed by atoms with Crippen molar-refractivity contribution in [2.45, 2.75) is 13.2 Å². The van der Waals surface area contributed by atoms with Gasteiger partial charge in [-0.25, -0.2) is 0 Å². The minimum Gasteiger partial charge on any atom is -0.497 e. The summed E-state index contributed by atoms with van der Waals surface area (Å²) in [4.78, 5) is 3.96. The van der Waals surface area contributed by atoms with Crippen molar-refractivity contribution >= 4 is 0 Å². The Labute approximate surface area is 106 Å². The van der Waals surface area contributed by atoms with Crippen molar-refractivity contribution in [1.29, 1.82) is 0 Å². The third-order valence-corrected chi connectivity index (χ3v) is 2.63. The summed E-state index contributed by atoms with van der Waals surface area (Å²) < 4.78 is 10.9. The molecule has 0 spiro atoms. The first-order valence-corrected chi connectivity index (χ1v) is 5.72. The van der Waals surface area contributed by atoms with Crippen molar-refractivity contribution in [3.63, 3.8) is 0 Å². The van der Waals surface area contributed by atoms with E-state index in [0.717, 1.165) is 22.6 Å². The third kappa shape index (κ3) is 2.99. The van der Waals surface area contributed by atoms with E-state index in [0.29, 0.717) is 13.2 Å². The molecule has 2 aromatic rings. The van der Waals surface area contributed by atoms with Gasteiger partial charge in [-0.3, -0.25) is 4.98 Å². The van der Waals surface area contributed by atoms with Gasteiger partial charge in [0.1, 0.15) is 18.1 Å².